The zero-order chi connectivity index (χ0) is 14.7. The fourth-order valence-electron chi connectivity index (χ4n) is 2.35. The van der Waals surface area contributed by atoms with Gasteiger partial charge in [0.2, 0.25) is 0 Å². The molecule has 4 heteroatoms. The van der Waals surface area contributed by atoms with Gasteiger partial charge in [-0.25, -0.2) is 0 Å². The minimum Gasteiger partial charge on any atom is -0.271 e. The van der Waals surface area contributed by atoms with Gasteiger partial charge in [-0.3, -0.25) is 11.3 Å². The van der Waals surface area contributed by atoms with Crippen molar-refractivity contribution in [1.29, 1.82) is 0 Å². The van der Waals surface area contributed by atoms with E-state index in [9.17, 15) is 0 Å². The van der Waals surface area contributed by atoms with Gasteiger partial charge in [0, 0.05) is 15.0 Å². The van der Waals surface area contributed by atoms with Crippen molar-refractivity contribution in [3.05, 3.63) is 67.6 Å². The molecular formula is C16H18Br2N2. The summed E-state index contributed by atoms with van der Waals surface area (Å²) in [7, 11) is 0. The minimum absolute atomic E-state index is 0.106. The molecule has 0 heterocycles. The summed E-state index contributed by atoms with van der Waals surface area (Å²) < 4.78 is 2.26. The molecule has 0 aliphatic carbocycles. The molecule has 2 nitrogen and oxygen atoms in total. The SMILES string of the molecule is Cc1cc(C(Cc2cccc(Br)c2)NN)cc(C)c1Br. The molecule has 0 radical (unpaired) electrons. The van der Waals surface area contributed by atoms with Gasteiger partial charge in [-0.1, -0.05) is 56.1 Å². The number of aryl methyl sites for hydroxylation is 2. The molecule has 1 atom stereocenters. The molecule has 0 bridgehead atoms. The van der Waals surface area contributed by atoms with Gasteiger partial charge in [-0.05, 0) is 54.7 Å². The Morgan fingerprint density at radius 3 is 2.30 bits per heavy atom. The number of rotatable bonds is 4. The maximum absolute atomic E-state index is 5.76. The van der Waals surface area contributed by atoms with Crippen LogP contribution in [0.3, 0.4) is 0 Å². The molecule has 0 aliphatic rings. The first kappa shape index (κ1) is 15.7. The third kappa shape index (κ3) is 3.70. The molecule has 2 aromatic rings. The van der Waals surface area contributed by atoms with Gasteiger partial charge in [0.05, 0.1) is 0 Å². The lowest BCUT2D eigenvalue weighted by molar-refractivity contribution is 0.551. The quantitative estimate of drug-likeness (QED) is 0.585. The molecule has 0 spiro atoms. The average molecular weight is 398 g/mol. The van der Waals surface area contributed by atoms with E-state index in [1.54, 1.807) is 0 Å². The van der Waals surface area contributed by atoms with Crippen molar-refractivity contribution >= 4 is 31.9 Å². The topological polar surface area (TPSA) is 38.0 Å². The van der Waals surface area contributed by atoms with Gasteiger partial charge in [-0.2, -0.15) is 0 Å². The van der Waals surface area contributed by atoms with Crippen LogP contribution in [0.5, 0.6) is 0 Å². The van der Waals surface area contributed by atoms with Crippen LogP contribution in [0.15, 0.2) is 45.3 Å². The van der Waals surface area contributed by atoms with Crippen molar-refractivity contribution in [2.45, 2.75) is 26.3 Å². The van der Waals surface area contributed by atoms with Crippen LogP contribution < -0.4 is 11.3 Å². The molecule has 2 aromatic carbocycles. The molecule has 0 aromatic heterocycles. The average Bonchev–Trinajstić information content (AvgIpc) is 2.41. The predicted octanol–water partition coefficient (Wildman–Crippen LogP) is 4.58. The minimum atomic E-state index is 0.106. The number of benzene rings is 2. The Bertz CT molecular complexity index is 588. The monoisotopic (exact) mass is 396 g/mol. The number of hydrogen-bond acceptors (Lipinski definition) is 2. The fourth-order valence-corrected chi connectivity index (χ4v) is 3.03. The summed E-state index contributed by atoms with van der Waals surface area (Å²) >= 11 is 7.11. The highest BCUT2D eigenvalue weighted by molar-refractivity contribution is 9.10. The Hall–Kier alpha value is -0.680. The maximum atomic E-state index is 5.76. The molecule has 1 unspecified atom stereocenters. The molecule has 0 aliphatic heterocycles. The molecule has 106 valence electrons. The van der Waals surface area contributed by atoms with Crippen LogP contribution >= 0.6 is 31.9 Å². The van der Waals surface area contributed by atoms with E-state index >= 15 is 0 Å². The van der Waals surface area contributed by atoms with Crippen LogP contribution in [0.25, 0.3) is 0 Å². The Balaban J connectivity index is 2.29. The zero-order valence-electron chi connectivity index (χ0n) is 11.6. The largest absolute Gasteiger partial charge is 0.271 e. The molecule has 0 fully saturated rings. The Morgan fingerprint density at radius 1 is 1.10 bits per heavy atom. The summed E-state index contributed by atoms with van der Waals surface area (Å²) in [4.78, 5) is 0. The van der Waals surface area contributed by atoms with Crippen LogP contribution in [0.4, 0.5) is 0 Å². The second-order valence-electron chi connectivity index (χ2n) is 5.02. The third-order valence-corrected chi connectivity index (χ3v) is 5.14. The summed E-state index contributed by atoms with van der Waals surface area (Å²) in [5.41, 5.74) is 7.86. The predicted molar refractivity (Wildman–Crippen MR) is 91.5 cm³/mol. The number of nitrogens with two attached hydrogens (primary N) is 1. The van der Waals surface area contributed by atoms with Crippen molar-refractivity contribution in [1.82, 2.24) is 5.43 Å². The van der Waals surface area contributed by atoms with Crippen molar-refractivity contribution < 1.29 is 0 Å². The Kier molecular flexibility index (Phi) is 5.38. The zero-order valence-corrected chi connectivity index (χ0v) is 14.8. The van der Waals surface area contributed by atoms with Crippen LogP contribution in [0, 0.1) is 13.8 Å². The number of hydrazine groups is 1. The summed E-state index contributed by atoms with van der Waals surface area (Å²) in [6, 6.07) is 12.8. The number of nitrogens with one attached hydrogen (secondary N) is 1. The molecule has 2 rings (SSSR count). The summed E-state index contributed by atoms with van der Waals surface area (Å²) in [6.07, 6.45) is 0.858. The summed E-state index contributed by atoms with van der Waals surface area (Å²) in [6.45, 7) is 4.21. The highest BCUT2D eigenvalue weighted by Gasteiger charge is 2.13. The molecular weight excluding hydrogens is 380 g/mol. The maximum Gasteiger partial charge on any atom is 0.0500 e. The lowest BCUT2D eigenvalue weighted by atomic mass is 9.96. The van der Waals surface area contributed by atoms with Crippen molar-refractivity contribution in [3.8, 4) is 0 Å². The second-order valence-corrected chi connectivity index (χ2v) is 6.73. The van der Waals surface area contributed by atoms with Crippen molar-refractivity contribution in [2.24, 2.45) is 5.84 Å². The van der Waals surface area contributed by atoms with Crippen LogP contribution in [-0.2, 0) is 6.42 Å². The molecule has 20 heavy (non-hydrogen) atoms. The normalized spacial score (nSPS) is 12.4. The first-order chi connectivity index (χ1) is 9.51. The molecule has 0 amide bonds. The van der Waals surface area contributed by atoms with Crippen LogP contribution in [-0.4, -0.2) is 0 Å². The standard InChI is InChI=1S/C16H18Br2N2/c1-10-6-13(7-11(2)16(10)18)15(20-19)9-12-4-3-5-14(17)8-12/h3-8,15,20H,9,19H2,1-2H3. The van der Waals surface area contributed by atoms with Gasteiger partial charge in [0.15, 0.2) is 0 Å². The van der Waals surface area contributed by atoms with Gasteiger partial charge in [0.1, 0.15) is 0 Å². The highest BCUT2D eigenvalue weighted by atomic mass is 79.9. The van der Waals surface area contributed by atoms with E-state index in [1.807, 2.05) is 12.1 Å². The van der Waals surface area contributed by atoms with Crippen molar-refractivity contribution in [3.63, 3.8) is 0 Å². The van der Waals surface area contributed by atoms with E-state index in [-0.39, 0.29) is 6.04 Å². The molecule has 0 saturated heterocycles. The van der Waals surface area contributed by atoms with Gasteiger partial charge in [-0.15, -0.1) is 0 Å². The van der Waals surface area contributed by atoms with E-state index in [4.69, 9.17) is 5.84 Å². The smallest absolute Gasteiger partial charge is 0.0500 e. The Labute approximate surface area is 137 Å². The van der Waals surface area contributed by atoms with E-state index in [1.165, 1.54) is 26.7 Å². The van der Waals surface area contributed by atoms with Crippen LogP contribution in [0.1, 0.15) is 28.3 Å². The van der Waals surface area contributed by atoms with E-state index in [2.05, 4.69) is 75.4 Å². The van der Waals surface area contributed by atoms with E-state index < -0.39 is 0 Å². The first-order valence-corrected chi connectivity index (χ1v) is 8.07. The van der Waals surface area contributed by atoms with Gasteiger partial charge >= 0.3 is 0 Å². The van der Waals surface area contributed by atoms with Crippen molar-refractivity contribution in [2.75, 3.05) is 0 Å². The van der Waals surface area contributed by atoms with Gasteiger partial charge in [0.25, 0.3) is 0 Å². The summed E-state index contributed by atoms with van der Waals surface area (Å²) in [5.74, 6) is 5.76. The highest BCUT2D eigenvalue weighted by Crippen LogP contribution is 2.27. The lowest BCUT2D eigenvalue weighted by Crippen LogP contribution is -2.29. The second kappa shape index (κ2) is 6.85. The molecule has 3 N–H and O–H groups in total. The van der Waals surface area contributed by atoms with E-state index in [0.717, 1.165) is 10.9 Å². The summed E-state index contributed by atoms with van der Waals surface area (Å²) in [5, 5.41) is 0. The first-order valence-electron chi connectivity index (χ1n) is 6.48. The Morgan fingerprint density at radius 2 is 1.75 bits per heavy atom. The number of halogens is 2. The molecule has 0 saturated carbocycles. The van der Waals surface area contributed by atoms with Gasteiger partial charge < -0.3 is 0 Å². The van der Waals surface area contributed by atoms with E-state index in [0.29, 0.717) is 0 Å². The number of hydrogen-bond donors (Lipinski definition) is 2. The fraction of sp³-hybridized carbons (Fsp3) is 0.250. The van der Waals surface area contributed by atoms with Crippen LogP contribution in [0.2, 0.25) is 0 Å². The lowest BCUT2D eigenvalue weighted by Gasteiger charge is -2.19. The third-order valence-electron chi connectivity index (χ3n) is 3.39.